The van der Waals surface area contributed by atoms with Gasteiger partial charge in [-0.05, 0) is 62.1 Å². The first kappa shape index (κ1) is 17.7. The molecule has 1 fully saturated rings. The number of hydrogen-bond donors (Lipinski definition) is 1. The summed E-state index contributed by atoms with van der Waals surface area (Å²) in [6.45, 7) is 4.16. The van der Waals surface area contributed by atoms with Crippen LogP contribution in [0.3, 0.4) is 0 Å². The van der Waals surface area contributed by atoms with Crippen LogP contribution in [0.5, 0.6) is 0 Å². The maximum atomic E-state index is 12.9. The van der Waals surface area contributed by atoms with Crippen LogP contribution in [-0.4, -0.2) is 33.4 Å². The molecule has 4 heterocycles. The number of nitrogens with zero attached hydrogens (tertiary/aromatic N) is 4. The molecule has 6 nitrogen and oxygen atoms in total. The van der Waals surface area contributed by atoms with E-state index in [0.717, 1.165) is 40.8 Å². The number of rotatable bonds is 3. The molecule has 0 aliphatic carbocycles. The number of fused-ring (bicyclic) bond motifs is 2. The van der Waals surface area contributed by atoms with Gasteiger partial charge < -0.3 is 14.6 Å². The third kappa shape index (κ3) is 3.31. The first-order valence-corrected chi connectivity index (χ1v) is 10.1. The Kier molecular flexibility index (Phi) is 4.39. The van der Waals surface area contributed by atoms with Crippen LogP contribution in [0.15, 0.2) is 55.1 Å². The summed E-state index contributed by atoms with van der Waals surface area (Å²) >= 11 is 0. The molecule has 1 aliphatic rings. The SMILES string of the molecule is Cc1ccn2cc(C(=O)Nc3ccc(N4CCCCC4)c4ccncc34)nc2c1. The third-order valence-corrected chi connectivity index (χ3v) is 5.59. The van der Waals surface area contributed by atoms with Crippen molar-refractivity contribution in [3.05, 3.63) is 66.4 Å². The van der Waals surface area contributed by atoms with Crippen LogP contribution in [0, 0.1) is 6.92 Å². The fourth-order valence-electron chi connectivity index (χ4n) is 4.07. The Morgan fingerprint density at radius 3 is 2.79 bits per heavy atom. The first-order chi connectivity index (χ1) is 14.2. The molecule has 1 N–H and O–H groups in total. The van der Waals surface area contributed by atoms with Crippen LogP contribution in [0.1, 0.15) is 35.3 Å². The van der Waals surface area contributed by atoms with Crippen LogP contribution < -0.4 is 10.2 Å². The van der Waals surface area contributed by atoms with Gasteiger partial charge in [-0.1, -0.05) is 0 Å². The van der Waals surface area contributed by atoms with E-state index in [1.807, 2.05) is 54.2 Å². The molecule has 0 bridgehead atoms. The summed E-state index contributed by atoms with van der Waals surface area (Å²) in [6, 6.07) is 10.1. The highest BCUT2D eigenvalue weighted by Gasteiger charge is 2.17. The van der Waals surface area contributed by atoms with Gasteiger partial charge in [-0.15, -0.1) is 0 Å². The fraction of sp³-hybridized carbons (Fsp3) is 0.261. The number of hydrogen-bond acceptors (Lipinski definition) is 4. The molecule has 6 heteroatoms. The Bertz CT molecular complexity index is 1210. The number of anilines is 2. The number of aromatic nitrogens is 3. The zero-order valence-electron chi connectivity index (χ0n) is 16.4. The molecule has 1 aromatic carbocycles. The van der Waals surface area contributed by atoms with Crippen molar-refractivity contribution in [3.63, 3.8) is 0 Å². The average molecular weight is 385 g/mol. The number of pyridine rings is 2. The molecule has 1 aliphatic heterocycles. The van der Waals surface area contributed by atoms with Crippen LogP contribution in [0.25, 0.3) is 16.4 Å². The normalized spacial score (nSPS) is 14.4. The van der Waals surface area contributed by atoms with E-state index in [4.69, 9.17) is 0 Å². The van der Waals surface area contributed by atoms with E-state index in [1.54, 1.807) is 6.20 Å². The maximum absolute atomic E-state index is 12.9. The van der Waals surface area contributed by atoms with Crippen molar-refractivity contribution in [1.29, 1.82) is 0 Å². The lowest BCUT2D eigenvalue weighted by Gasteiger charge is -2.30. The topological polar surface area (TPSA) is 62.5 Å². The molecule has 3 aromatic heterocycles. The van der Waals surface area contributed by atoms with E-state index in [2.05, 4.69) is 26.3 Å². The minimum atomic E-state index is -0.220. The van der Waals surface area contributed by atoms with Crippen molar-refractivity contribution < 1.29 is 4.79 Å². The second-order valence-electron chi connectivity index (χ2n) is 7.65. The smallest absolute Gasteiger partial charge is 0.275 e. The Balaban J connectivity index is 1.49. The van der Waals surface area contributed by atoms with E-state index in [-0.39, 0.29) is 5.91 Å². The Hall–Kier alpha value is -3.41. The Morgan fingerprint density at radius 2 is 1.93 bits per heavy atom. The average Bonchev–Trinajstić information content (AvgIpc) is 3.18. The Labute approximate surface area is 169 Å². The molecule has 0 unspecified atom stereocenters. The van der Waals surface area contributed by atoms with E-state index in [1.165, 1.54) is 24.9 Å². The number of amides is 1. The lowest BCUT2D eigenvalue weighted by Crippen LogP contribution is -2.29. The monoisotopic (exact) mass is 385 g/mol. The summed E-state index contributed by atoms with van der Waals surface area (Å²) in [5.41, 5.74) is 4.24. The van der Waals surface area contributed by atoms with E-state index in [9.17, 15) is 4.79 Å². The number of carbonyl (C=O) groups is 1. The van der Waals surface area contributed by atoms with E-state index in [0.29, 0.717) is 5.69 Å². The fourth-order valence-corrected chi connectivity index (χ4v) is 4.07. The second-order valence-corrected chi connectivity index (χ2v) is 7.65. The van der Waals surface area contributed by atoms with E-state index < -0.39 is 0 Å². The molecule has 146 valence electrons. The van der Waals surface area contributed by atoms with Crippen LogP contribution in [-0.2, 0) is 0 Å². The van der Waals surface area contributed by atoms with Gasteiger partial charge >= 0.3 is 0 Å². The van der Waals surface area contributed by atoms with Crippen molar-refractivity contribution in [1.82, 2.24) is 14.4 Å². The molecular weight excluding hydrogens is 362 g/mol. The summed E-state index contributed by atoms with van der Waals surface area (Å²) < 4.78 is 1.86. The predicted molar refractivity (Wildman–Crippen MR) is 116 cm³/mol. The van der Waals surface area contributed by atoms with E-state index >= 15 is 0 Å². The number of benzene rings is 1. The van der Waals surface area contributed by atoms with Gasteiger partial charge in [0.25, 0.3) is 5.91 Å². The van der Waals surface area contributed by atoms with Crippen molar-refractivity contribution in [2.75, 3.05) is 23.3 Å². The van der Waals surface area contributed by atoms with Crippen molar-refractivity contribution in [2.45, 2.75) is 26.2 Å². The quantitative estimate of drug-likeness (QED) is 0.567. The predicted octanol–water partition coefficient (Wildman–Crippen LogP) is 4.43. The highest BCUT2D eigenvalue weighted by molar-refractivity contribution is 6.10. The maximum Gasteiger partial charge on any atom is 0.275 e. The molecule has 0 atom stereocenters. The van der Waals surface area contributed by atoms with Crippen molar-refractivity contribution >= 4 is 33.7 Å². The summed E-state index contributed by atoms with van der Waals surface area (Å²) in [5.74, 6) is -0.220. The zero-order chi connectivity index (χ0) is 19.8. The molecule has 0 radical (unpaired) electrons. The van der Waals surface area contributed by atoms with Gasteiger partial charge in [-0.2, -0.15) is 0 Å². The lowest BCUT2D eigenvalue weighted by atomic mass is 10.1. The van der Waals surface area contributed by atoms with Crippen molar-refractivity contribution in [3.8, 4) is 0 Å². The number of nitrogens with one attached hydrogen (secondary N) is 1. The molecule has 1 saturated heterocycles. The lowest BCUT2D eigenvalue weighted by molar-refractivity contribution is 0.102. The summed E-state index contributed by atoms with van der Waals surface area (Å²) in [7, 11) is 0. The van der Waals surface area contributed by atoms with Crippen LogP contribution in [0.2, 0.25) is 0 Å². The number of imidazole rings is 1. The molecule has 0 saturated carbocycles. The second kappa shape index (κ2) is 7.20. The van der Waals surface area contributed by atoms with Crippen LogP contribution >= 0.6 is 0 Å². The summed E-state index contributed by atoms with van der Waals surface area (Å²) in [6.07, 6.45) is 11.0. The number of piperidine rings is 1. The van der Waals surface area contributed by atoms with Gasteiger partial charge in [-0.25, -0.2) is 4.98 Å². The minimum Gasteiger partial charge on any atom is -0.371 e. The third-order valence-electron chi connectivity index (χ3n) is 5.59. The molecule has 29 heavy (non-hydrogen) atoms. The molecule has 1 amide bonds. The zero-order valence-corrected chi connectivity index (χ0v) is 16.4. The van der Waals surface area contributed by atoms with Gasteiger partial charge in [0.1, 0.15) is 11.3 Å². The summed E-state index contributed by atoms with van der Waals surface area (Å²) in [4.78, 5) is 24.1. The van der Waals surface area contributed by atoms with Gasteiger partial charge in [0.15, 0.2) is 0 Å². The molecule has 4 aromatic rings. The van der Waals surface area contributed by atoms with Gasteiger partial charge in [0, 0.05) is 54.3 Å². The van der Waals surface area contributed by atoms with Gasteiger partial charge in [-0.3, -0.25) is 9.78 Å². The first-order valence-electron chi connectivity index (χ1n) is 10.1. The molecular formula is C23H23N5O. The molecule has 5 rings (SSSR count). The highest BCUT2D eigenvalue weighted by atomic mass is 16.1. The van der Waals surface area contributed by atoms with Gasteiger partial charge in [0.2, 0.25) is 0 Å². The van der Waals surface area contributed by atoms with Gasteiger partial charge in [0.05, 0.1) is 5.69 Å². The van der Waals surface area contributed by atoms with Crippen LogP contribution in [0.4, 0.5) is 11.4 Å². The largest absolute Gasteiger partial charge is 0.371 e. The standard InChI is InChI=1S/C23H23N5O/c1-16-8-12-28-15-20(25-22(28)13-16)23(29)26-19-5-6-21(27-10-3-2-4-11-27)17-7-9-24-14-18(17)19/h5-9,12-15H,2-4,10-11H2,1H3,(H,26,29). The highest BCUT2D eigenvalue weighted by Crippen LogP contribution is 2.33. The molecule has 0 spiro atoms. The number of carbonyl (C=O) groups excluding carboxylic acids is 1. The Morgan fingerprint density at radius 1 is 1.07 bits per heavy atom. The summed E-state index contributed by atoms with van der Waals surface area (Å²) in [5, 5.41) is 5.10. The number of aryl methyl sites for hydroxylation is 1. The minimum absolute atomic E-state index is 0.220. The van der Waals surface area contributed by atoms with Crippen molar-refractivity contribution in [2.24, 2.45) is 0 Å².